The minimum absolute atomic E-state index is 0.842. The molecule has 0 unspecified atom stereocenters. The van der Waals surface area contributed by atoms with Gasteiger partial charge >= 0.3 is 0 Å². The van der Waals surface area contributed by atoms with E-state index in [0.29, 0.717) is 0 Å². The van der Waals surface area contributed by atoms with E-state index < -0.39 is 0 Å². The molecule has 0 radical (unpaired) electrons. The van der Waals surface area contributed by atoms with E-state index in [1.165, 1.54) is 0 Å². The van der Waals surface area contributed by atoms with Gasteiger partial charge in [0.2, 0.25) is 0 Å². The Kier molecular flexibility index (Phi) is 4.84. The monoisotopic (exact) mass is 274 g/mol. The summed E-state index contributed by atoms with van der Waals surface area (Å²) in [5.74, 6) is 1.68. The van der Waals surface area contributed by atoms with Gasteiger partial charge in [-0.05, 0) is 12.1 Å². The summed E-state index contributed by atoms with van der Waals surface area (Å²) in [4.78, 5) is 9.33. The number of para-hydroxylation sites is 2. The fourth-order valence-electron chi connectivity index (χ4n) is 1.43. The fraction of sp³-hybridized carbons (Fsp3) is 0.143. The molecule has 2 nitrogen and oxygen atoms in total. The molecule has 1 aromatic carbocycles. The van der Waals surface area contributed by atoms with Crippen molar-refractivity contribution in [3.63, 3.8) is 0 Å². The van der Waals surface area contributed by atoms with Crippen LogP contribution in [0.15, 0.2) is 59.6 Å². The lowest BCUT2D eigenvalue weighted by Gasteiger charge is -2.07. The van der Waals surface area contributed by atoms with Gasteiger partial charge in [0.15, 0.2) is 0 Å². The van der Waals surface area contributed by atoms with Crippen LogP contribution in [0.2, 0.25) is 0 Å². The van der Waals surface area contributed by atoms with Crippen molar-refractivity contribution in [1.82, 2.24) is 9.97 Å². The quantitative estimate of drug-likeness (QED) is 0.583. The number of fused-ring (bicyclic) bond motifs is 1. The van der Waals surface area contributed by atoms with Crippen molar-refractivity contribution in [2.75, 3.05) is 11.5 Å². The molecule has 0 fully saturated rings. The summed E-state index contributed by atoms with van der Waals surface area (Å²) >= 11 is 3.33. The van der Waals surface area contributed by atoms with Gasteiger partial charge in [0.05, 0.1) is 11.0 Å². The van der Waals surface area contributed by atoms with Gasteiger partial charge in [0, 0.05) is 11.5 Å². The highest BCUT2D eigenvalue weighted by Crippen LogP contribution is 2.29. The molecule has 0 saturated carbocycles. The second-order valence-electron chi connectivity index (χ2n) is 3.52. The zero-order valence-electron chi connectivity index (χ0n) is 10.0. The molecule has 0 atom stereocenters. The van der Waals surface area contributed by atoms with Gasteiger partial charge in [-0.2, -0.15) is 0 Å². The standard InChI is InChI=1S/C14H14N2S2/c1-3-9-17-13-14(18-10-4-2)16-12-8-6-5-7-11(12)15-13/h3-8H,1-2,9-10H2. The Hall–Kier alpha value is -1.26. The first-order chi connectivity index (χ1) is 8.85. The lowest BCUT2D eigenvalue weighted by molar-refractivity contribution is 0.971. The maximum Gasteiger partial charge on any atom is 0.129 e. The lowest BCUT2D eigenvalue weighted by atomic mass is 10.3. The van der Waals surface area contributed by atoms with Crippen LogP contribution in [-0.2, 0) is 0 Å². The molecular formula is C14H14N2S2. The van der Waals surface area contributed by atoms with Gasteiger partial charge < -0.3 is 0 Å². The average Bonchev–Trinajstić information content (AvgIpc) is 2.42. The molecule has 92 valence electrons. The summed E-state index contributed by atoms with van der Waals surface area (Å²) in [6.45, 7) is 7.48. The van der Waals surface area contributed by atoms with Crippen LogP contribution in [0.25, 0.3) is 11.0 Å². The largest absolute Gasteiger partial charge is 0.237 e. The predicted octanol–water partition coefficient (Wildman–Crippen LogP) is 4.19. The number of hydrogen-bond donors (Lipinski definition) is 0. The normalized spacial score (nSPS) is 10.4. The van der Waals surface area contributed by atoms with Crippen molar-refractivity contribution in [2.24, 2.45) is 0 Å². The van der Waals surface area contributed by atoms with E-state index >= 15 is 0 Å². The molecule has 0 N–H and O–H groups in total. The number of rotatable bonds is 6. The van der Waals surface area contributed by atoms with E-state index in [2.05, 4.69) is 23.1 Å². The maximum absolute atomic E-state index is 4.66. The van der Waals surface area contributed by atoms with Crippen molar-refractivity contribution in [1.29, 1.82) is 0 Å². The molecule has 0 aliphatic heterocycles. The fourth-order valence-corrected chi connectivity index (χ4v) is 3.00. The SMILES string of the molecule is C=CCSc1nc2ccccc2nc1SCC=C. The molecule has 0 bridgehead atoms. The first-order valence-electron chi connectivity index (χ1n) is 5.59. The third kappa shape index (κ3) is 3.15. The van der Waals surface area contributed by atoms with Gasteiger partial charge in [-0.3, -0.25) is 0 Å². The van der Waals surface area contributed by atoms with Gasteiger partial charge in [0.25, 0.3) is 0 Å². The topological polar surface area (TPSA) is 25.8 Å². The van der Waals surface area contributed by atoms with Crippen LogP contribution in [-0.4, -0.2) is 21.5 Å². The maximum atomic E-state index is 4.66. The average molecular weight is 274 g/mol. The Morgan fingerprint density at radius 3 is 1.72 bits per heavy atom. The Bertz CT molecular complexity index is 516. The number of benzene rings is 1. The van der Waals surface area contributed by atoms with E-state index in [-0.39, 0.29) is 0 Å². The minimum atomic E-state index is 0.842. The molecule has 1 aromatic heterocycles. The van der Waals surface area contributed by atoms with Crippen LogP contribution < -0.4 is 0 Å². The van der Waals surface area contributed by atoms with Crippen molar-refractivity contribution in [2.45, 2.75) is 10.1 Å². The van der Waals surface area contributed by atoms with E-state index in [4.69, 9.17) is 0 Å². The number of aromatic nitrogens is 2. The molecule has 2 rings (SSSR count). The van der Waals surface area contributed by atoms with Crippen molar-refractivity contribution < 1.29 is 0 Å². The summed E-state index contributed by atoms with van der Waals surface area (Å²) in [5.41, 5.74) is 1.87. The molecule has 0 aliphatic rings. The third-order valence-electron chi connectivity index (χ3n) is 2.18. The summed E-state index contributed by atoms with van der Waals surface area (Å²) in [7, 11) is 0. The Morgan fingerprint density at radius 1 is 0.889 bits per heavy atom. The van der Waals surface area contributed by atoms with Crippen molar-refractivity contribution in [3.8, 4) is 0 Å². The molecule has 2 aromatic rings. The van der Waals surface area contributed by atoms with E-state index in [0.717, 1.165) is 32.6 Å². The van der Waals surface area contributed by atoms with Crippen LogP contribution in [0, 0.1) is 0 Å². The Morgan fingerprint density at radius 2 is 1.33 bits per heavy atom. The molecule has 18 heavy (non-hydrogen) atoms. The zero-order valence-corrected chi connectivity index (χ0v) is 11.6. The van der Waals surface area contributed by atoms with Crippen LogP contribution in [0.5, 0.6) is 0 Å². The summed E-state index contributed by atoms with van der Waals surface area (Å²) in [6.07, 6.45) is 3.76. The number of thioether (sulfide) groups is 2. The van der Waals surface area contributed by atoms with Crippen molar-refractivity contribution in [3.05, 3.63) is 49.6 Å². The highest BCUT2D eigenvalue weighted by atomic mass is 32.2. The number of hydrogen-bond acceptors (Lipinski definition) is 4. The van der Waals surface area contributed by atoms with Crippen LogP contribution in [0.3, 0.4) is 0 Å². The second-order valence-corrected chi connectivity index (χ2v) is 5.54. The first-order valence-corrected chi connectivity index (χ1v) is 7.56. The predicted molar refractivity (Wildman–Crippen MR) is 81.4 cm³/mol. The molecule has 0 amide bonds. The highest BCUT2D eigenvalue weighted by molar-refractivity contribution is 8.02. The first kappa shape index (κ1) is 13.2. The van der Waals surface area contributed by atoms with Crippen LogP contribution >= 0.6 is 23.5 Å². The molecule has 0 aliphatic carbocycles. The lowest BCUT2D eigenvalue weighted by Crippen LogP contribution is -1.93. The van der Waals surface area contributed by atoms with Gasteiger partial charge in [-0.15, -0.1) is 13.2 Å². The summed E-state index contributed by atoms with van der Waals surface area (Å²) in [6, 6.07) is 7.94. The molecule has 4 heteroatoms. The van der Waals surface area contributed by atoms with E-state index in [1.54, 1.807) is 23.5 Å². The molecule has 0 saturated heterocycles. The van der Waals surface area contributed by atoms with Gasteiger partial charge in [0.1, 0.15) is 10.1 Å². The van der Waals surface area contributed by atoms with Gasteiger partial charge in [-0.1, -0.05) is 47.8 Å². The van der Waals surface area contributed by atoms with Crippen LogP contribution in [0.4, 0.5) is 0 Å². The summed E-state index contributed by atoms with van der Waals surface area (Å²) in [5, 5.41) is 1.95. The molecular weight excluding hydrogens is 260 g/mol. The van der Waals surface area contributed by atoms with Gasteiger partial charge in [-0.25, -0.2) is 9.97 Å². The Labute approximate surface area is 116 Å². The minimum Gasteiger partial charge on any atom is -0.237 e. The van der Waals surface area contributed by atoms with Crippen LogP contribution in [0.1, 0.15) is 0 Å². The highest BCUT2D eigenvalue weighted by Gasteiger charge is 2.08. The molecule has 0 spiro atoms. The number of nitrogens with zero attached hydrogens (tertiary/aromatic N) is 2. The molecule has 1 heterocycles. The third-order valence-corrected chi connectivity index (χ3v) is 4.23. The Balaban J connectivity index is 2.41. The van der Waals surface area contributed by atoms with E-state index in [1.807, 2.05) is 36.4 Å². The zero-order chi connectivity index (χ0) is 12.8. The summed E-state index contributed by atoms with van der Waals surface area (Å²) < 4.78 is 0. The van der Waals surface area contributed by atoms with E-state index in [9.17, 15) is 0 Å². The smallest absolute Gasteiger partial charge is 0.129 e. The second kappa shape index (κ2) is 6.61. The van der Waals surface area contributed by atoms with Crippen molar-refractivity contribution >= 4 is 34.6 Å².